The second kappa shape index (κ2) is 22.6. The summed E-state index contributed by atoms with van der Waals surface area (Å²) in [7, 11) is 0. The fourth-order valence-electron chi connectivity index (χ4n) is 12.1. The van der Waals surface area contributed by atoms with Gasteiger partial charge in [0.1, 0.15) is 0 Å². The Morgan fingerprint density at radius 3 is 0.465 bits per heavy atom. The number of hydrogen-bond donors (Lipinski definition) is 0. The Balaban J connectivity index is 0.00000327. The van der Waals surface area contributed by atoms with Crippen LogP contribution in [0.5, 0.6) is 0 Å². The van der Waals surface area contributed by atoms with Gasteiger partial charge in [0.15, 0.2) is 0 Å². The molecule has 16 rings (SSSR count). The van der Waals surface area contributed by atoms with E-state index in [-0.39, 0.29) is 34.1 Å². The van der Waals surface area contributed by atoms with E-state index in [0.717, 1.165) is 145 Å². The van der Waals surface area contributed by atoms with Crippen molar-refractivity contribution in [1.29, 1.82) is 0 Å². The summed E-state index contributed by atoms with van der Waals surface area (Å²) in [4.78, 5) is 44.8. The largest absolute Gasteiger partial charge is 2.00 e. The maximum atomic E-state index is 5.70. The van der Waals surface area contributed by atoms with Gasteiger partial charge in [-0.3, -0.25) is 0 Å². The molecule has 10 heteroatoms. The zero-order valence-electron chi connectivity index (χ0n) is 45.7. The van der Waals surface area contributed by atoms with Crippen LogP contribution in [0.4, 0.5) is 0 Å². The van der Waals surface area contributed by atoms with E-state index in [0.29, 0.717) is 22.4 Å². The van der Waals surface area contributed by atoms with Gasteiger partial charge in [0, 0.05) is 0 Å². The number of fused-ring (bicyclic) bond motifs is 16. The molecule has 0 unspecified atom stereocenters. The van der Waals surface area contributed by atoms with Crippen LogP contribution in [-0.4, -0.2) is 19.9 Å². The Kier molecular flexibility index (Phi) is 14.1. The Morgan fingerprint density at radius 2 is 0.302 bits per heavy atom. The van der Waals surface area contributed by atoms with Crippen molar-refractivity contribution in [3.8, 4) is 77.9 Å². The first kappa shape index (κ1) is 53.6. The predicted octanol–water partition coefficient (Wildman–Crippen LogP) is 17.8. The summed E-state index contributed by atoms with van der Waals surface area (Å²) in [6, 6.07) is 79.3. The minimum absolute atomic E-state index is 0. The third-order valence-electron chi connectivity index (χ3n) is 15.8. The van der Waals surface area contributed by atoms with Crippen LogP contribution in [0.3, 0.4) is 0 Å². The summed E-state index contributed by atoms with van der Waals surface area (Å²) in [6.07, 6.45) is 16.8. The molecule has 0 aliphatic carbocycles. The third kappa shape index (κ3) is 9.53. The molecule has 0 saturated carbocycles. The first-order valence-electron chi connectivity index (χ1n) is 28.1. The van der Waals surface area contributed by atoms with Gasteiger partial charge in [0.25, 0.3) is 0 Å². The topological polar surface area (TPSA) is 108 Å². The molecule has 6 aromatic heterocycles. The molecule has 0 fully saturated rings. The molecular formula is C76H46Cu2N8. The molecule has 6 aromatic carbocycles. The van der Waals surface area contributed by atoms with Crippen LogP contribution in [0, 0.1) is 0 Å². The Bertz CT molecular complexity index is 4700. The maximum Gasteiger partial charge on any atom is 2.00 e. The summed E-state index contributed by atoms with van der Waals surface area (Å²) in [5.41, 5.74) is 25.1. The monoisotopic (exact) mass is 1200 g/mol. The van der Waals surface area contributed by atoms with E-state index in [1.807, 2.05) is 36.4 Å². The smallest absolute Gasteiger partial charge is 0.657 e. The number of rotatable bonds is 7. The second-order valence-electron chi connectivity index (χ2n) is 20.9. The molecule has 8 nitrogen and oxygen atoms in total. The van der Waals surface area contributed by atoms with Crippen LogP contribution in [0.15, 0.2) is 231 Å². The quantitative estimate of drug-likeness (QED) is 0.145. The van der Waals surface area contributed by atoms with Crippen LogP contribution in [-0.2, 0) is 34.1 Å². The van der Waals surface area contributed by atoms with Gasteiger partial charge in [-0.1, -0.05) is 231 Å². The number of aromatic nitrogens is 8. The van der Waals surface area contributed by atoms with Gasteiger partial charge >= 0.3 is 34.1 Å². The second-order valence-corrected chi connectivity index (χ2v) is 20.9. The fourth-order valence-corrected chi connectivity index (χ4v) is 12.1. The summed E-state index contributed by atoms with van der Waals surface area (Å²) >= 11 is 0. The molecule has 0 atom stereocenters. The van der Waals surface area contributed by atoms with Crippen LogP contribution >= 0.6 is 0 Å². The van der Waals surface area contributed by atoms with E-state index in [9.17, 15) is 0 Å². The molecule has 412 valence electrons. The zero-order chi connectivity index (χ0) is 55.5. The number of benzene rings is 6. The molecule has 86 heavy (non-hydrogen) atoms. The molecule has 12 aromatic rings. The Hall–Kier alpha value is -10.4. The van der Waals surface area contributed by atoms with Crippen LogP contribution in [0.25, 0.3) is 171 Å². The van der Waals surface area contributed by atoms with Crippen molar-refractivity contribution in [3.63, 3.8) is 0 Å². The third-order valence-corrected chi connectivity index (χ3v) is 15.8. The molecule has 0 amide bonds. The molecular weight excluding hydrogens is 1150 g/mol. The zero-order valence-corrected chi connectivity index (χ0v) is 47.6. The van der Waals surface area contributed by atoms with Gasteiger partial charge in [-0.25, -0.2) is 19.9 Å². The molecule has 0 N–H and O–H groups in total. The van der Waals surface area contributed by atoms with Gasteiger partial charge < -0.3 is 19.9 Å². The van der Waals surface area contributed by atoms with Gasteiger partial charge in [-0.05, 0) is 126 Å². The Labute approximate surface area is 517 Å². The predicted molar refractivity (Wildman–Crippen MR) is 345 cm³/mol. The SMILES string of the molecule is C1=Cc2nc1c(-c1ccccc1)c1ccc([n-]1)c(-c1ccccc1)c1nc(c(-c3c4nc(c(-c5ccccc5)c5ccc([n-]5)c(-c5ccccc5)c5nc(c(-c6ccccc6)c6ccc3[n-]6)C=C5)C=C4)c3ccc([n-]3)c2-c2ccccc2)C=C1.[Cu+2].[Cu+2]. The van der Waals surface area contributed by atoms with Gasteiger partial charge in [0.05, 0.1) is 45.6 Å². The van der Waals surface area contributed by atoms with E-state index in [1.54, 1.807) is 0 Å². The van der Waals surface area contributed by atoms with Gasteiger partial charge in [0.2, 0.25) is 0 Å². The van der Waals surface area contributed by atoms with Crippen molar-refractivity contribution >= 4 is 92.7 Å². The fraction of sp³-hybridized carbons (Fsp3) is 0. The number of hydrogen-bond acceptors (Lipinski definition) is 4. The summed E-state index contributed by atoms with van der Waals surface area (Å²) in [6.45, 7) is 0. The summed E-state index contributed by atoms with van der Waals surface area (Å²) in [5.74, 6) is 0. The number of nitrogens with zero attached hydrogens (tertiary/aromatic N) is 8. The summed E-state index contributed by atoms with van der Waals surface area (Å²) in [5, 5.41) is 0. The normalized spacial score (nSPS) is 12.0. The molecule has 0 spiro atoms. The van der Waals surface area contributed by atoms with Gasteiger partial charge in [-0.2, -0.15) is 0 Å². The maximum absolute atomic E-state index is 5.70. The average molecular weight is 1200 g/mol. The molecule has 0 saturated heterocycles. The van der Waals surface area contributed by atoms with E-state index in [4.69, 9.17) is 39.9 Å². The van der Waals surface area contributed by atoms with Gasteiger partial charge in [-0.15, -0.1) is 44.1 Å². The van der Waals surface area contributed by atoms with Crippen molar-refractivity contribution in [3.05, 3.63) is 276 Å². The van der Waals surface area contributed by atoms with E-state index in [2.05, 4.69) is 243 Å². The van der Waals surface area contributed by atoms with Crippen molar-refractivity contribution in [2.45, 2.75) is 0 Å². The molecule has 2 radical (unpaired) electrons. The molecule has 4 aliphatic rings. The van der Waals surface area contributed by atoms with Crippen molar-refractivity contribution < 1.29 is 34.1 Å². The minimum Gasteiger partial charge on any atom is -0.657 e. The van der Waals surface area contributed by atoms with E-state index in [1.165, 1.54) is 0 Å². The first-order valence-corrected chi connectivity index (χ1v) is 28.1. The van der Waals surface area contributed by atoms with Crippen LogP contribution < -0.4 is 19.9 Å². The Morgan fingerprint density at radius 1 is 0.163 bits per heavy atom. The van der Waals surface area contributed by atoms with E-state index < -0.39 is 0 Å². The van der Waals surface area contributed by atoms with Crippen molar-refractivity contribution in [2.24, 2.45) is 0 Å². The standard InChI is InChI=1S/C76H46N8.2Cu/c1-7-19-47(20-8-1)69-53-31-35-57(77-53)71(49-23-11-3-12-24-49)61-39-43-65(81-61)75(66-44-40-62(82-66)72(50-25-13-4-14-26-50)58-36-32-54(69)78-58)76-67-45-41-63(83-67)73(51-27-15-5-16-28-51)59-37-33-55(79-59)70(48-21-9-2-10-22-48)56-34-38-60(80-56)74(52-29-17-6-18-30-52)64-42-46-68(76)84-64;;/h1-46H;;/q-4;2*+2. The average Bonchev–Trinajstić information content (AvgIpc) is 2.13. The summed E-state index contributed by atoms with van der Waals surface area (Å²) < 4.78 is 0. The van der Waals surface area contributed by atoms with Crippen molar-refractivity contribution in [1.82, 2.24) is 39.9 Å². The van der Waals surface area contributed by atoms with E-state index >= 15 is 0 Å². The van der Waals surface area contributed by atoms with Crippen LogP contribution in [0.2, 0.25) is 0 Å². The molecule has 16 bridgehead atoms. The molecule has 10 heterocycles. The van der Waals surface area contributed by atoms with Crippen molar-refractivity contribution in [2.75, 3.05) is 0 Å². The molecule has 4 aliphatic heterocycles. The first-order chi connectivity index (χ1) is 41.6. The minimum atomic E-state index is 0. The van der Waals surface area contributed by atoms with Crippen LogP contribution in [0.1, 0.15) is 45.6 Å².